The molecular formula is C28H24F3N5O. The number of piperazine rings is 1. The topological polar surface area (TPSA) is 45.7 Å². The molecule has 0 amide bonds. The normalized spacial score (nSPS) is 16.4. The largest absolute Gasteiger partial charge is 0.363 e. The summed E-state index contributed by atoms with van der Waals surface area (Å²) in [5, 5.41) is 0. The Morgan fingerprint density at radius 2 is 1.54 bits per heavy atom. The molecule has 3 heterocycles. The van der Waals surface area contributed by atoms with Gasteiger partial charge in [0, 0.05) is 32.7 Å². The van der Waals surface area contributed by atoms with Crippen molar-refractivity contribution in [2.45, 2.75) is 19.0 Å². The van der Waals surface area contributed by atoms with Crippen LogP contribution in [-0.4, -0.2) is 40.1 Å². The molecular weight excluding hydrogens is 479 g/mol. The number of nitrogens with zero attached hydrogens (tertiary/aromatic N) is 5. The van der Waals surface area contributed by atoms with Gasteiger partial charge in [0.1, 0.15) is 17.3 Å². The summed E-state index contributed by atoms with van der Waals surface area (Å²) in [6, 6.07) is 15.2. The third-order valence-electron chi connectivity index (χ3n) is 6.96. The second-order valence-corrected chi connectivity index (χ2v) is 9.21. The number of pyridine rings is 2. The number of anilines is 1. The van der Waals surface area contributed by atoms with Crippen LogP contribution in [0.3, 0.4) is 0 Å². The van der Waals surface area contributed by atoms with Gasteiger partial charge in [0.2, 0.25) is 11.3 Å². The van der Waals surface area contributed by atoms with Crippen molar-refractivity contribution < 1.29 is 13.2 Å². The van der Waals surface area contributed by atoms with E-state index in [1.54, 1.807) is 35.2 Å². The fourth-order valence-electron chi connectivity index (χ4n) is 5.12. The van der Waals surface area contributed by atoms with E-state index in [-0.39, 0.29) is 40.7 Å². The molecule has 0 bridgehead atoms. The zero-order valence-corrected chi connectivity index (χ0v) is 20.3. The summed E-state index contributed by atoms with van der Waals surface area (Å²) in [4.78, 5) is 24.4. The maximum absolute atomic E-state index is 15.4. The Morgan fingerprint density at radius 1 is 0.946 bits per heavy atom. The number of halogens is 3. The molecule has 188 valence electrons. The fourth-order valence-corrected chi connectivity index (χ4v) is 5.12. The van der Waals surface area contributed by atoms with Gasteiger partial charge in [-0.3, -0.25) is 9.69 Å². The van der Waals surface area contributed by atoms with Crippen molar-refractivity contribution in [2.24, 2.45) is 7.05 Å². The zero-order valence-electron chi connectivity index (χ0n) is 20.3. The van der Waals surface area contributed by atoms with Crippen LogP contribution < -0.4 is 10.5 Å². The van der Waals surface area contributed by atoms with Crippen LogP contribution in [-0.2, 0) is 7.05 Å². The van der Waals surface area contributed by atoms with E-state index >= 15 is 4.39 Å². The number of hydrogen-bond donors (Lipinski definition) is 0. The highest BCUT2D eigenvalue weighted by atomic mass is 19.1. The maximum atomic E-state index is 15.4. The second-order valence-electron chi connectivity index (χ2n) is 9.21. The van der Waals surface area contributed by atoms with E-state index in [4.69, 9.17) is 6.57 Å². The van der Waals surface area contributed by atoms with Crippen molar-refractivity contribution in [3.8, 4) is 0 Å². The van der Waals surface area contributed by atoms with Crippen molar-refractivity contribution >= 4 is 22.5 Å². The van der Waals surface area contributed by atoms with Gasteiger partial charge in [0.05, 0.1) is 11.6 Å². The predicted octanol–water partition coefficient (Wildman–Crippen LogP) is 5.20. The Labute approximate surface area is 212 Å². The molecule has 0 aliphatic carbocycles. The first-order valence-electron chi connectivity index (χ1n) is 11.9. The van der Waals surface area contributed by atoms with Crippen LogP contribution in [0.25, 0.3) is 15.9 Å². The third kappa shape index (κ3) is 4.45. The van der Waals surface area contributed by atoms with Crippen LogP contribution in [0.4, 0.5) is 24.7 Å². The van der Waals surface area contributed by atoms with Crippen molar-refractivity contribution in [3.05, 3.63) is 111 Å². The van der Waals surface area contributed by atoms with Crippen LogP contribution in [0.15, 0.2) is 65.5 Å². The highest BCUT2D eigenvalue weighted by molar-refractivity contribution is 5.90. The Bertz CT molecular complexity index is 1520. The van der Waals surface area contributed by atoms with Gasteiger partial charge in [-0.2, -0.15) is 4.39 Å². The third-order valence-corrected chi connectivity index (χ3v) is 6.96. The van der Waals surface area contributed by atoms with E-state index in [9.17, 15) is 13.6 Å². The minimum absolute atomic E-state index is 0.0928. The number of rotatable bonds is 4. The van der Waals surface area contributed by atoms with Gasteiger partial charge in [-0.15, -0.1) is 4.98 Å². The lowest BCUT2D eigenvalue weighted by molar-refractivity contribution is 0.149. The van der Waals surface area contributed by atoms with E-state index in [0.717, 1.165) is 11.1 Å². The van der Waals surface area contributed by atoms with Gasteiger partial charge in [-0.1, -0.05) is 30.8 Å². The summed E-state index contributed by atoms with van der Waals surface area (Å²) >= 11 is 0. The molecule has 4 aromatic rings. The van der Waals surface area contributed by atoms with Crippen molar-refractivity contribution in [1.29, 1.82) is 0 Å². The number of fused-ring (bicyclic) bond motifs is 1. The van der Waals surface area contributed by atoms with Crippen LogP contribution in [0.5, 0.6) is 0 Å². The monoisotopic (exact) mass is 503 g/mol. The van der Waals surface area contributed by atoms with Crippen LogP contribution in [0, 0.1) is 24.0 Å². The number of aryl methyl sites for hydroxylation is 1. The van der Waals surface area contributed by atoms with Crippen molar-refractivity contribution in [2.75, 3.05) is 24.5 Å². The molecule has 1 aliphatic heterocycles. The summed E-state index contributed by atoms with van der Waals surface area (Å²) in [7, 11) is 1.48. The highest BCUT2D eigenvalue weighted by Gasteiger charge is 2.34. The minimum Gasteiger partial charge on any atom is -0.363 e. The van der Waals surface area contributed by atoms with Gasteiger partial charge in [0.15, 0.2) is 0 Å². The van der Waals surface area contributed by atoms with E-state index in [1.165, 1.54) is 41.9 Å². The molecule has 1 atom stereocenters. The summed E-state index contributed by atoms with van der Waals surface area (Å²) in [5.41, 5.74) is 1.74. The lowest BCUT2D eigenvalue weighted by Gasteiger charge is -2.45. The predicted molar refractivity (Wildman–Crippen MR) is 136 cm³/mol. The Kier molecular flexibility index (Phi) is 6.44. The van der Waals surface area contributed by atoms with E-state index < -0.39 is 11.4 Å². The molecule has 2 aromatic heterocycles. The smallest absolute Gasteiger partial charge is 0.289 e. The summed E-state index contributed by atoms with van der Waals surface area (Å²) < 4.78 is 44.0. The fraction of sp³-hybridized carbons (Fsp3) is 0.250. The molecule has 0 saturated carbocycles. The molecule has 5 rings (SSSR count). The summed E-state index contributed by atoms with van der Waals surface area (Å²) in [6.45, 7) is 10.5. The Hall–Kier alpha value is -4.16. The van der Waals surface area contributed by atoms with Crippen molar-refractivity contribution in [1.82, 2.24) is 14.5 Å². The molecule has 2 aromatic carbocycles. The number of hydrogen-bond acceptors (Lipinski definition) is 4. The number of benzene rings is 2. The molecule has 9 heteroatoms. The average Bonchev–Trinajstić information content (AvgIpc) is 2.90. The lowest BCUT2D eigenvalue weighted by Crippen LogP contribution is -2.53. The average molecular weight is 504 g/mol. The molecule has 0 N–H and O–H groups in total. The molecule has 1 saturated heterocycles. The van der Waals surface area contributed by atoms with Crippen molar-refractivity contribution in [3.63, 3.8) is 0 Å². The Morgan fingerprint density at radius 3 is 2.08 bits per heavy atom. The minimum atomic E-state index is -0.904. The zero-order chi connectivity index (χ0) is 26.3. The lowest BCUT2D eigenvalue weighted by atomic mass is 9.94. The maximum Gasteiger partial charge on any atom is 0.289 e. The van der Waals surface area contributed by atoms with Gasteiger partial charge in [0.25, 0.3) is 11.4 Å². The standard InChI is InChI=1S/C28H24F3N5O/c1-17-16-35(27-24(31)28(37)34(3)22-12-13-23(32-2)33-25(22)27)14-15-36(17)26(18-4-8-20(29)9-5-18)19-6-10-21(30)11-7-19/h4-13,17,26H,14-16H2,1,3H3/t17-/m1/s1. The van der Waals surface area contributed by atoms with Gasteiger partial charge in [-0.05, 0) is 54.4 Å². The summed E-state index contributed by atoms with van der Waals surface area (Å²) in [6.07, 6.45) is 0. The molecule has 0 spiro atoms. The molecule has 1 aliphatic rings. The van der Waals surface area contributed by atoms with Gasteiger partial charge < -0.3 is 14.3 Å². The molecule has 1 fully saturated rings. The number of aromatic nitrogens is 2. The molecule has 37 heavy (non-hydrogen) atoms. The Balaban J connectivity index is 1.54. The van der Waals surface area contributed by atoms with Gasteiger partial charge in [-0.25, -0.2) is 8.78 Å². The van der Waals surface area contributed by atoms with E-state index in [2.05, 4.69) is 14.7 Å². The molecule has 0 unspecified atom stereocenters. The SMILES string of the molecule is [C-]#[N+]c1ccc2c(n1)c(N1CCN(C(c3ccc(F)cc3)c3ccc(F)cc3)[C@H](C)C1)c(F)c(=O)n2C. The van der Waals surface area contributed by atoms with Crippen LogP contribution in [0.2, 0.25) is 0 Å². The van der Waals surface area contributed by atoms with Gasteiger partial charge >= 0.3 is 0 Å². The second kappa shape index (κ2) is 9.71. The quantitative estimate of drug-likeness (QED) is 0.359. The molecule has 6 nitrogen and oxygen atoms in total. The first kappa shape index (κ1) is 24.5. The van der Waals surface area contributed by atoms with E-state index in [0.29, 0.717) is 25.2 Å². The van der Waals surface area contributed by atoms with Crippen LogP contribution >= 0.6 is 0 Å². The first-order valence-corrected chi connectivity index (χ1v) is 11.9. The van der Waals surface area contributed by atoms with E-state index in [1.807, 2.05) is 6.92 Å². The van der Waals surface area contributed by atoms with Crippen LogP contribution in [0.1, 0.15) is 24.1 Å². The first-order chi connectivity index (χ1) is 17.8. The summed E-state index contributed by atoms with van der Waals surface area (Å²) in [5.74, 6) is -1.48. The highest BCUT2D eigenvalue weighted by Crippen LogP contribution is 2.35. The molecule has 0 radical (unpaired) electrons.